The summed E-state index contributed by atoms with van der Waals surface area (Å²) in [7, 11) is 0. The van der Waals surface area contributed by atoms with Crippen LogP contribution >= 0.6 is 12.2 Å². The first-order valence-electron chi connectivity index (χ1n) is 7.22. The summed E-state index contributed by atoms with van der Waals surface area (Å²) >= 11 is 5.08. The lowest BCUT2D eigenvalue weighted by Crippen LogP contribution is -2.33. The Labute approximate surface area is 136 Å². The molecule has 0 bridgehead atoms. The number of benzene rings is 1. The number of carbonyl (C=O) groups is 1. The first-order valence-corrected chi connectivity index (χ1v) is 7.63. The summed E-state index contributed by atoms with van der Waals surface area (Å²) in [5.74, 6) is -0.0139. The number of para-hydroxylation sites is 1. The Kier molecular flexibility index (Phi) is 4.76. The van der Waals surface area contributed by atoms with Crippen LogP contribution in [0.3, 0.4) is 0 Å². The first kappa shape index (κ1) is 16.4. The predicted molar refractivity (Wildman–Crippen MR) is 91.5 cm³/mol. The van der Waals surface area contributed by atoms with Crippen LogP contribution in [0.4, 0.5) is 5.69 Å². The van der Waals surface area contributed by atoms with Crippen LogP contribution in [-0.4, -0.2) is 15.9 Å². The maximum Gasteiger partial charge on any atom is 0.230 e. The van der Waals surface area contributed by atoms with Gasteiger partial charge in [-0.3, -0.25) is 4.79 Å². The minimum atomic E-state index is -0.552. The van der Waals surface area contributed by atoms with Crippen molar-refractivity contribution in [1.29, 1.82) is 0 Å². The summed E-state index contributed by atoms with van der Waals surface area (Å²) in [5.41, 5.74) is 3.14. The lowest BCUT2D eigenvalue weighted by atomic mass is 9.83. The van der Waals surface area contributed by atoms with Crippen LogP contribution in [0.15, 0.2) is 30.3 Å². The number of aromatic amines is 1. The SMILES string of the molecule is Cc1nc(=S)[nH]c(C)c1CC(C)(C)C(=O)Nc1ccccc1. The van der Waals surface area contributed by atoms with Crippen molar-refractivity contribution in [1.82, 2.24) is 9.97 Å². The molecular weight excluding hydrogens is 294 g/mol. The van der Waals surface area contributed by atoms with Crippen molar-refractivity contribution >= 4 is 23.8 Å². The zero-order valence-corrected chi connectivity index (χ0v) is 14.2. The number of H-pyrrole nitrogens is 1. The molecule has 1 amide bonds. The van der Waals surface area contributed by atoms with Crippen LogP contribution in [0.2, 0.25) is 0 Å². The summed E-state index contributed by atoms with van der Waals surface area (Å²) in [6.07, 6.45) is 0.600. The molecule has 0 atom stereocenters. The van der Waals surface area contributed by atoms with Crippen LogP contribution < -0.4 is 5.32 Å². The summed E-state index contributed by atoms with van der Waals surface area (Å²) in [4.78, 5) is 19.9. The number of rotatable bonds is 4. The van der Waals surface area contributed by atoms with Crippen LogP contribution in [0.25, 0.3) is 0 Å². The standard InChI is InChI=1S/C17H21N3OS/c1-11-14(12(2)19-16(22)18-11)10-17(3,4)15(21)20-13-8-6-5-7-9-13/h5-9H,10H2,1-4H3,(H,20,21)(H,18,19,22). The van der Waals surface area contributed by atoms with Crippen molar-refractivity contribution < 1.29 is 4.79 Å². The van der Waals surface area contributed by atoms with Gasteiger partial charge in [-0.05, 0) is 50.2 Å². The molecule has 1 aromatic carbocycles. The van der Waals surface area contributed by atoms with E-state index in [4.69, 9.17) is 12.2 Å². The molecular formula is C17H21N3OS. The van der Waals surface area contributed by atoms with E-state index >= 15 is 0 Å². The summed E-state index contributed by atoms with van der Waals surface area (Å²) in [5, 5.41) is 2.96. The molecule has 0 fully saturated rings. The van der Waals surface area contributed by atoms with E-state index in [1.807, 2.05) is 58.0 Å². The largest absolute Gasteiger partial charge is 0.335 e. The van der Waals surface area contributed by atoms with Gasteiger partial charge in [-0.25, -0.2) is 4.98 Å². The van der Waals surface area contributed by atoms with Gasteiger partial charge in [0.2, 0.25) is 5.91 Å². The van der Waals surface area contributed by atoms with E-state index in [0.29, 0.717) is 11.2 Å². The molecule has 0 saturated heterocycles. The monoisotopic (exact) mass is 315 g/mol. The van der Waals surface area contributed by atoms with Crippen LogP contribution in [0, 0.1) is 24.0 Å². The van der Waals surface area contributed by atoms with Gasteiger partial charge >= 0.3 is 0 Å². The Morgan fingerprint density at radius 2 is 1.91 bits per heavy atom. The molecule has 0 aliphatic heterocycles. The second kappa shape index (κ2) is 6.40. The van der Waals surface area contributed by atoms with Gasteiger partial charge in [-0.15, -0.1) is 0 Å². The molecule has 4 nitrogen and oxygen atoms in total. The Morgan fingerprint density at radius 3 is 2.50 bits per heavy atom. The van der Waals surface area contributed by atoms with Crippen LogP contribution in [-0.2, 0) is 11.2 Å². The topological polar surface area (TPSA) is 57.8 Å². The van der Waals surface area contributed by atoms with Crippen molar-refractivity contribution in [2.75, 3.05) is 5.32 Å². The number of aromatic nitrogens is 2. The lowest BCUT2D eigenvalue weighted by molar-refractivity contribution is -0.123. The van der Waals surface area contributed by atoms with Crippen molar-refractivity contribution in [3.8, 4) is 0 Å². The third kappa shape index (κ3) is 3.80. The fourth-order valence-electron chi connectivity index (χ4n) is 2.36. The second-order valence-corrected chi connectivity index (χ2v) is 6.50. The van der Waals surface area contributed by atoms with Crippen molar-refractivity contribution in [2.24, 2.45) is 5.41 Å². The molecule has 116 valence electrons. The van der Waals surface area contributed by atoms with Gasteiger partial charge < -0.3 is 10.3 Å². The molecule has 5 heteroatoms. The fraction of sp³-hybridized carbons (Fsp3) is 0.353. The third-order valence-electron chi connectivity index (χ3n) is 3.72. The molecule has 2 N–H and O–H groups in total. The second-order valence-electron chi connectivity index (χ2n) is 6.11. The molecule has 0 unspecified atom stereocenters. The van der Waals surface area contributed by atoms with Crippen LogP contribution in [0.5, 0.6) is 0 Å². The van der Waals surface area contributed by atoms with Crippen LogP contribution in [0.1, 0.15) is 30.8 Å². The lowest BCUT2D eigenvalue weighted by Gasteiger charge is -2.25. The smallest absolute Gasteiger partial charge is 0.230 e. The average Bonchev–Trinajstić information content (AvgIpc) is 2.44. The highest BCUT2D eigenvalue weighted by molar-refractivity contribution is 7.71. The molecule has 1 heterocycles. The zero-order valence-electron chi connectivity index (χ0n) is 13.4. The van der Waals surface area contributed by atoms with Gasteiger partial charge in [0.25, 0.3) is 0 Å². The summed E-state index contributed by atoms with van der Waals surface area (Å²) in [6, 6.07) is 9.49. The number of carbonyl (C=O) groups excluding carboxylic acids is 1. The maximum atomic E-state index is 12.6. The molecule has 22 heavy (non-hydrogen) atoms. The number of hydrogen-bond acceptors (Lipinski definition) is 3. The van der Waals surface area contributed by atoms with E-state index in [9.17, 15) is 4.79 Å². The molecule has 2 aromatic rings. The van der Waals surface area contributed by atoms with Gasteiger partial charge in [0.1, 0.15) is 0 Å². The molecule has 0 aliphatic carbocycles. The number of nitrogens with zero attached hydrogens (tertiary/aromatic N) is 1. The Morgan fingerprint density at radius 1 is 1.27 bits per heavy atom. The fourth-order valence-corrected chi connectivity index (χ4v) is 2.65. The number of hydrogen-bond donors (Lipinski definition) is 2. The molecule has 0 saturated carbocycles. The van der Waals surface area contributed by atoms with Gasteiger partial charge in [0, 0.05) is 22.5 Å². The number of amides is 1. The zero-order chi connectivity index (χ0) is 16.3. The molecule has 2 rings (SSSR count). The summed E-state index contributed by atoms with van der Waals surface area (Å²) in [6.45, 7) is 7.76. The van der Waals surface area contributed by atoms with E-state index in [2.05, 4.69) is 15.3 Å². The Hall–Kier alpha value is -2.01. The van der Waals surface area contributed by atoms with Gasteiger partial charge in [0.15, 0.2) is 4.77 Å². The molecule has 0 radical (unpaired) electrons. The maximum absolute atomic E-state index is 12.6. The number of aryl methyl sites for hydroxylation is 2. The highest BCUT2D eigenvalue weighted by Gasteiger charge is 2.29. The number of nitrogens with one attached hydrogen (secondary N) is 2. The van der Waals surface area contributed by atoms with Crippen molar-refractivity contribution in [3.05, 3.63) is 52.1 Å². The van der Waals surface area contributed by atoms with E-state index in [1.165, 1.54) is 0 Å². The molecule has 0 aliphatic rings. The van der Waals surface area contributed by atoms with E-state index in [0.717, 1.165) is 22.6 Å². The first-order chi connectivity index (χ1) is 10.3. The third-order valence-corrected chi connectivity index (χ3v) is 3.91. The van der Waals surface area contributed by atoms with E-state index in [-0.39, 0.29) is 5.91 Å². The minimum absolute atomic E-state index is 0.0139. The molecule has 1 aromatic heterocycles. The normalized spacial score (nSPS) is 11.3. The van der Waals surface area contributed by atoms with Crippen molar-refractivity contribution in [2.45, 2.75) is 34.1 Å². The van der Waals surface area contributed by atoms with E-state index < -0.39 is 5.41 Å². The number of anilines is 1. The average molecular weight is 315 g/mol. The summed E-state index contributed by atoms with van der Waals surface area (Å²) < 4.78 is 0.477. The molecule has 0 spiro atoms. The Balaban J connectivity index is 2.20. The Bertz CT molecular complexity index is 709. The minimum Gasteiger partial charge on any atom is -0.335 e. The highest BCUT2D eigenvalue weighted by Crippen LogP contribution is 2.26. The van der Waals surface area contributed by atoms with Gasteiger partial charge in [-0.2, -0.15) is 0 Å². The van der Waals surface area contributed by atoms with E-state index in [1.54, 1.807) is 0 Å². The quantitative estimate of drug-likeness (QED) is 0.840. The predicted octanol–water partition coefficient (Wildman–Crippen LogP) is 3.96. The van der Waals surface area contributed by atoms with Gasteiger partial charge in [-0.1, -0.05) is 32.0 Å². The van der Waals surface area contributed by atoms with Crippen molar-refractivity contribution in [3.63, 3.8) is 0 Å². The van der Waals surface area contributed by atoms with Gasteiger partial charge in [0.05, 0.1) is 0 Å². The highest BCUT2D eigenvalue weighted by atomic mass is 32.1.